The van der Waals surface area contributed by atoms with Gasteiger partial charge in [0.2, 0.25) is 0 Å². The molecule has 3 aromatic rings. The minimum absolute atomic E-state index is 0.0857. The molecule has 9 nitrogen and oxygen atoms in total. The Morgan fingerprint density at radius 1 is 1.12 bits per heavy atom. The second kappa shape index (κ2) is 9.81. The maximum Gasteiger partial charge on any atom is 0.306 e. The monoisotopic (exact) mass is 455 g/mol. The van der Waals surface area contributed by atoms with Crippen molar-refractivity contribution in [3.63, 3.8) is 0 Å². The molecule has 176 valence electrons. The van der Waals surface area contributed by atoms with Crippen molar-refractivity contribution in [2.75, 3.05) is 7.11 Å². The molecular formula is C24H29N3O6. The topological polar surface area (TPSA) is 127 Å². The van der Waals surface area contributed by atoms with Crippen molar-refractivity contribution in [2.24, 2.45) is 0 Å². The third kappa shape index (κ3) is 5.19. The molecule has 0 aliphatic rings. The Hall–Kier alpha value is -3.75. The van der Waals surface area contributed by atoms with Crippen LogP contribution < -0.4 is 5.56 Å². The zero-order valence-corrected chi connectivity index (χ0v) is 19.1. The van der Waals surface area contributed by atoms with Gasteiger partial charge in [-0.15, -0.1) is 0 Å². The second-order valence-electron chi connectivity index (χ2n) is 8.29. The van der Waals surface area contributed by atoms with Crippen LogP contribution in [0.15, 0.2) is 41.5 Å². The van der Waals surface area contributed by atoms with Crippen LogP contribution in [0.2, 0.25) is 0 Å². The molecule has 1 aromatic carbocycles. The first-order chi connectivity index (χ1) is 15.6. The highest BCUT2D eigenvalue weighted by Gasteiger charge is 2.28. The van der Waals surface area contributed by atoms with Crippen LogP contribution in [-0.4, -0.2) is 42.7 Å². The van der Waals surface area contributed by atoms with E-state index in [0.29, 0.717) is 17.7 Å². The number of phenols is 2. The van der Waals surface area contributed by atoms with Crippen molar-refractivity contribution in [3.8, 4) is 17.2 Å². The van der Waals surface area contributed by atoms with Crippen LogP contribution in [0, 0.1) is 6.92 Å². The molecule has 0 unspecified atom stereocenters. The molecule has 0 aliphatic carbocycles. The summed E-state index contributed by atoms with van der Waals surface area (Å²) in [6.45, 7) is 5.91. The lowest BCUT2D eigenvalue weighted by molar-refractivity contribution is -0.140. The minimum Gasteiger partial charge on any atom is -0.507 e. The van der Waals surface area contributed by atoms with Crippen LogP contribution in [0.3, 0.4) is 0 Å². The summed E-state index contributed by atoms with van der Waals surface area (Å²) in [5.74, 6) is -1.89. The zero-order valence-electron chi connectivity index (χ0n) is 19.1. The number of aromatic nitrogens is 3. The van der Waals surface area contributed by atoms with Gasteiger partial charge in [0.1, 0.15) is 5.75 Å². The van der Waals surface area contributed by atoms with Crippen LogP contribution in [0.4, 0.5) is 0 Å². The van der Waals surface area contributed by atoms with E-state index < -0.39 is 17.4 Å². The van der Waals surface area contributed by atoms with Crippen LogP contribution in [0.5, 0.6) is 17.2 Å². The average Bonchev–Trinajstić information content (AvgIpc) is 3.25. The van der Waals surface area contributed by atoms with Crippen LogP contribution >= 0.6 is 0 Å². The van der Waals surface area contributed by atoms with Crippen LogP contribution in [0.25, 0.3) is 0 Å². The van der Waals surface area contributed by atoms with E-state index in [9.17, 15) is 24.9 Å². The summed E-state index contributed by atoms with van der Waals surface area (Å²) in [6.07, 6.45) is 3.64. The standard InChI is InChI=1S/C24H29N3O6/c1-14(2)27-13-17(12-25-27)18(11-22(31)33-4)23-21(30)9-15(3)26(24(23)32)8-7-16-5-6-19(28)20(29)10-16/h5-6,9-10,12-14,18,28-30H,7-8,11H2,1-4H3/t18-/m0/s1. The van der Waals surface area contributed by atoms with Crippen molar-refractivity contribution in [1.82, 2.24) is 14.3 Å². The SMILES string of the molecule is COC(=O)C[C@@H](c1cnn(C(C)C)c1)c1c(O)cc(C)n(CCc2ccc(O)c(O)c2)c1=O. The number of hydrogen-bond acceptors (Lipinski definition) is 7. The molecule has 0 fully saturated rings. The molecule has 1 atom stereocenters. The Kier molecular flexibility index (Phi) is 7.10. The van der Waals surface area contributed by atoms with Gasteiger partial charge >= 0.3 is 5.97 Å². The molecular weight excluding hydrogens is 426 g/mol. The van der Waals surface area contributed by atoms with Crippen molar-refractivity contribution < 1.29 is 24.9 Å². The lowest BCUT2D eigenvalue weighted by atomic mass is 9.90. The predicted octanol–water partition coefficient (Wildman–Crippen LogP) is 2.99. The molecule has 0 spiro atoms. The third-order valence-corrected chi connectivity index (χ3v) is 5.69. The smallest absolute Gasteiger partial charge is 0.306 e. The third-order valence-electron chi connectivity index (χ3n) is 5.69. The van der Waals surface area contributed by atoms with Crippen LogP contribution in [-0.2, 0) is 22.5 Å². The van der Waals surface area contributed by atoms with Crippen molar-refractivity contribution in [1.29, 1.82) is 0 Å². The molecule has 0 aliphatic heterocycles. The average molecular weight is 456 g/mol. The van der Waals surface area contributed by atoms with Gasteiger partial charge in [0.05, 0.1) is 25.3 Å². The van der Waals surface area contributed by atoms with E-state index in [1.54, 1.807) is 30.1 Å². The van der Waals surface area contributed by atoms with Crippen molar-refractivity contribution in [3.05, 3.63) is 69.4 Å². The number of aryl methyl sites for hydroxylation is 2. The first kappa shape index (κ1) is 23.9. The number of nitrogens with zero attached hydrogens (tertiary/aromatic N) is 3. The Bertz CT molecular complexity index is 1210. The Morgan fingerprint density at radius 2 is 1.85 bits per heavy atom. The van der Waals surface area contributed by atoms with Gasteiger partial charge in [-0.2, -0.15) is 5.10 Å². The first-order valence-electron chi connectivity index (χ1n) is 10.7. The van der Waals surface area contributed by atoms with E-state index in [-0.39, 0.29) is 41.8 Å². The van der Waals surface area contributed by atoms with E-state index >= 15 is 0 Å². The molecule has 2 aromatic heterocycles. The number of benzene rings is 1. The Labute approximate surface area is 191 Å². The van der Waals surface area contributed by atoms with Gasteiger partial charge in [0, 0.05) is 30.4 Å². The highest BCUT2D eigenvalue weighted by molar-refractivity contribution is 5.71. The van der Waals surface area contributed by atoms with Gasteiger partial charge in [-0.1, -0.05) is 6.07 Å². The summed E-state index contributed by atoms with van der Waals surface area (Å²) >= 11 is 0. The fourth-order valence-electron chi connectivity index (χ4n) is 3.79. The van der Waals surface area contributed by atoms with Crippen LogP contribution in [0.1, 0.15) is 54.6 Å². The number of carbonyl (C=O) groups excluding carboxylic acids is 1. The highest BCUT2D eigenvalue weighted by atomic mass is 16.5. The van der Waals surface area contributed by atoms with Crippen molar-refractivity contribution in [2.45, 2.75) is 52.1 Å². The fraction of sp³-hybridized carbons (Fsp3) is 0.375. The number of esters is 1. The summed E-state index contributed by atoms with van der Waals surface area (Å²) < 4.78 is 8.08. The molecule has 0 saturated carbocycles. The lowest BCUT2D eigenvalue weighted by Crippen LogP contribution is -2.29. The number of methoxy groups -OCH3 is 1. The van der Waals surface area contributed by atoms with E-state index in [0.717, 1.165) is 5.56 Å². The number of rotatable bonds is 8. The van der Waals surface area contributed by atoms with Gasteiger partial charge in [0.15, 0.2) is 11.5 Å². The number of phenolic OH excluding ortho intramolecular Hbond substituents is 2. The summed E-state index contributed by atoms with van der Waals surface area (Å²) in [6, 6.07) is 6.08. The first-order valence-corrected chi connectivity index (χ1v) is 10.7. The molecule has 0 amide bonds. The summed E-state index contributed by atoms with van der Waals surface area (Å²) in [7, 11) is 1.28. The van der Waals surface area contributed by atoms with Crippen molar-refractivity contribution >= 4 is 5.97 Å². The van der Waals surface area contributed by atoms with E-state index in [2.05, 4.69) is 5.10 Å². The summed E-state index contributed by atoms with van der Waals surface area (Å²) in [5, 5.41) is 34.3. The van der Waals surface area contributed by atoms with E-state index in [1.807, 2.05) is 13.8 Å². The van der Waals surface area contributed by atoms with Gasteiger partial charge in [-0.05, 0) is 56.5 Å². The number of hydrogen-bond donors (Lipinski definition) is 3. The maximum atomic E-state index is 13.5. The minimum atomic E-state index is -0.734. The molecule has 9 heteroatoms. The Balaban J connectivity index is 2.03. The summed E-state index contributed by atoms with van der Waals surface area (Å²) in [5.41, 5.74) is 1.60. The molecule has 0 radical (unpaired) electrons. The molecule has 0 bridgehead atoms. The number of pyridine rings is 1. The van der Waals surface area contributed by atoms with Gasteiger partial charge in [-0.3, -0.25) is 14.3 Å². The zero-order chi connectivity index (χ0) is 24.3. The van der Waals surface area contributed by atoms with E-state index in [4.69, 9.17) is 4.74 Å². The maximum absolute atomic E-state index is 13.5. The Morgan fingerprint density at radius 3 is 2.45 bits per heavy atom. The fourth-order valence-corrected chi connectivity index (χ4v) is 3.79. The second-order valence-corrected chi connectivity index (χ2v) is 8.29. The normalized spacial score (nSPS) is 12.2. The number of carbonyl (C=O) groups is 1. The molecule has 3 N–H and O–H groups in total. The number of ether oxygens (including phenoxy) is 1. The van der Waals surface area contributed by atoms with Gasteiger partial charge in [-0.25, -0.2) is 0 Å². The largest absolute Gasteiger partial charge is 0.507 e. The molecule has 3 rings (SSSR count). The quantitative estimate of drug-likeness (QED) is 0.352. The molecule has 33 heavy (non-hydrogen) atoms. The molecule has 0 saturated heterocycles. The number of aromatic hydroxyl groups is 3. The van der Waals surface area contributed by atoms with Gasteiger partial charge < -0.3 is 24.6 Å². The predicted molar refractivity (Wildman–Crippen MR) is 122 cm³/mol. The van der Waals surface area contributed by atoms with Gasteiger partial charge in [0.25, 0.3) is 5.56 Å². The van der Waals surface area contributed by atoms with E-state index in [1.165, 1.54) is 29.9 Å². The summed E-state index contributed by atoms with van der Waals surface area (Å²) in [4.78, 5) is 25.7. The highest BCUT2D eigenvalue weighted by Crippen LogP contribution is 2.33. The lowest BCUT2D eigenvalue weighted by Gasteiger charge is -2.19. The molecule has 2 heterocycles.